The molecule has 0 radical (unpaired) electrons. The molecule has 3 rings (SSSR count). The molecule has 8 nitrogen and oxygen atoms in total. The lowest BCUT2D eigenvalue weighted by Gasteiger charge is -2.17. The predicted octanol–water partition coefficient (Wildman–Crippen LogP) is 4.82. The summed E-state index contributed by atoms with van der Waals surface area (Å²) in [6, 6.07) is 6.13. The second-order valence-electron chi connectivity index (χ2n) is 6.77. The largest absolute Gasteiger partial charge is 0.506 e. The van der Waals surface area contributed by atoms with Gasteiger partial charge in [-0.05, 0) is 37.6 Å². The number of halogens is 3. The number of anilines is 5. The van der Waals surface area contributed by atoms with Crippen LogP contribution in [0, 0.1) is 13.8 Å². The summed E-state index contributed by atoms with van der Waals surface area (Å²) >= 11 is 0. The molecule has 32 heavy (non-hydrogen) atoms. The number of aromatic hydroxyl groups is 1. The van der Waals surface area contributed by atoms with Crippen LogP contribution >= 0.6 is 0 Å². The van der Waals surface area contributed by atoms with E-state index in [1.165, 1.54) is 18.3 Å². The smallest absolute Gasteiger partial charge is 0.421 e. The molecule has 0 saturated carbocycles. The molecule has 0 saturated heterocycles. The Hall–Kier alpha value is -4.15. The summed E-state index contributed by atoms with van der Waals surface area (Å²) in [6.07, 6.45) is -1.82. The fourth-order valence-electron chi connectivity index (χ4n) is 2.70. The summed E-state index contributed by atoms with van der Waals surface area (Å²) < 4.78 is 40.8. The molecule has 0 aliphatic heterocycles. The van der Waals surface area contributed by atoms with Crippen molar-refractivity contribution >= 4 is 34.7 Å². The predicted molar refractivity (Wildman–Crippen MR) is 114 cm³/mol. The van der Waals surface area contributed by atoms with Crippen LogP contribution in [0.4, 0.5) is 42.0 Å². The number of carbonyl (C=O) groups excluding carboxylic acids is 1. The number of hydrogen-bond acceptors (Lipinski definition) is 7. The van der Waals surface area contributed by atoms with Crippen LogP contribution in [0.2, 0.25) is 0 Å². The SMILES string of the molecule is C=CC(=O)Nc1cc(C)ccc1Nc1nc(Nc2cc(O)cnc2C)ncc1C(F)(F)F. The number of amides is 1. The van der Waals surface area contributed by atoms with E-state index in [0.717, 1.165) is 11.6 Å². The molecule has 0 aliphatic carbocycles. The minimum absolute atomic E-state index is 0.134. The number of hydrogen-bond donors (Lipinski definition) is 4. The highest BCUT2D eigenvalue weighted by Crippen LogP contribution is 2.37. The van der Waals surface area contributed by atoms with E-state index >= 15 is 0 Å². The van der Waals surface area contributed by atoms with Crippen molar-refractivity contribution in [3.8, 4) is 5.75 Å². The molecule has 1 amide bonds. The second kappa shape index (κ2) is 8.92. The Kier molecular flexibility index (Phi) is 6.28. The first-order chi connectivity index (χ1) is 15.1. The number of alkyl halides is 3. The number of benzene rings is 1. The van der Waals surface area contributed by atoms with Gasteiger partial charge in [-0.3, -0.25) is 9.78 Å². The van der Waals surface area contributed by atoms with Crippen molar-refractivity contribution < 1.29 is 23.1 Å². The van der Waals surface area contributed by atoms with Crippen LogP contribution in [0.1, 0.15) is 16.8 Å². The van der Waals surface area contributed by atoms with Gasteiger partial charge in [0.1, 0.15) is 17.1 Å². The Balaban J connectivity index is 2.03. The average molecular weight is 444 g/mol. The lowest BCUT2D eigenvalue weighted by atomic mass is 10.1. The van der Waals surface area contributed by atoms with Gasteiger partial charge in [0.25, 0.3) is 0 Å². The molecular weight excluding hydrogens is 425 g/mol. The van der Waals surface area contributed by atoms with E-state index < -0.39 is 23.5 Å². The zero-order chi connectivity index (χ0) is 23.5. The van der Waals surface area contributed by atoms with E-state index in [1.807, 2.05) is 0 Å². The van der Waals surface area contributed by atoms with Crippen molar-refractivity contribution in [1.29, 1.82) is 0 Å². The summed E-state index contributed by atoms with van der Waals surface area (Å²) in [7, 11) is 0. The zero-order valence-electron chi connectivity index (χ0n) is 17.1. The molecular formula is C21H19F3N6O2. The van der Waals surface area contributed by atoms with Crippen LogP contribution in [-0.2, 0) is 11.0 Å². The van der Waals surface area contributed by atoms with E-state index in [1.54, 1.807) is 26.0 Å². The number of aryl methyl sites for hydroxylation is 2. The fourth-order valence-corrected chi connectivity index (χ4v) is 2.70. The first kappa shape index (κ1) is 22.5. The maximum absolute atomic E-state index is 13.6. The van der Waals surface area contributed by atoms with Crippen molar-refractivity contribution in [1.82, 2.24) is 15.0 Å². The molecule has 11 heteroatoms. The van der Waals surface area contributed by atoms with Crippen molar-refractivity contribution in [2.45, 2.75) is 20.0 Å². The Labute approximate surface area is 181 Å². The van der Waals surface area contributed by atoms with Crippen molar-refractivity contribution in [2.75, 3.05) is 16.0 Å². The van der Waals surface area contributed by atoms with E-state index in [9.17, 15) is 23.1 Å². The third-order valence-corrected chi connectivity index (χ3v) is 4.28. The second-order valence-corrected chi connectivity index (χ2v) is 6.77. The zero-order valence-corrected chi connectivity index (χ0v) is 17.1. The molecule has 3 aromatic rings. The summed E-state index contributed by atoms with van der Waals surface area (Å²) in [4.78, 5) is 23.4. The summed E-state index contributed by atoms with van der Waals surface area (Å²) in [5.41, 5.74) is 0.928. The van der Waals surface area contributed by atoms with E-state index in [0.29, 0.717) is 17.6 Å². The van der Waals surface area contributed by atoms with Gasteiger partial charge in [-0.1, -0.05) is 12.6 Å². The van der Waals surface area contributed by atoms with Gasteiger partial charge in [-0.15, -0.1) is 0 Å². The van der Waals surface area contributed by atoms with Gasteiger partial charge >= 0.3 is 6.18 Å². The van der Waals surface area contributed by atoms with E-state index in [-0.39, 0.29) is 23.1 Å². The third-order valence-electron chi connectivity index (χ3n) is 4.28. The molecule has 0 fully saturated rings. The number of carbonyl (C=O) groups is 1. The molecule has 0 bridgehead atoms. The lowest BCUT2D eigenvalue weighted by molar-refractivity contribution is -0.137. The van der Waals surface area contributed by atoms with Crippen LogP contribution in [0.5, 0.6) is 5.75 Å². The van der Waals surface area contributed by atoms with Crippen LogP contribution in [-0.4, -0.2) is 26.0 Å². The van der Waals surface area contributed by atoms with E-state index in [4.69, 9.17) is 0 Å². The van der Waals surface area contributed by atoms with Crippen molar-refractivity contribution in [3.05, 3.63) is 66.1 Å². The topological polar surface area (TPSA) is 112 Å². The molecule has 2 heterocycles. The van der Waals surface area contributed by atoms with E-state index in [2.05, 4.69) is 37.5 Å². The summed E-state index contributed by atoms with van der Waals surface area (Å²) in [5, 5.41) is 17.5. The minimum Gasteiger partial charge on any atom is -0.506 e. The van der Waals surface area contributed by atoms with Crippen LogP contribution < -0.4 is 16.0 Å². The highest BCUT2D eigenvalue weighted by atomic mass is 19.4. The Morgan fingerprint density at radius 2 is 1.81 bits per heavy atom. The molecule has 1 aromatic carbocycles. The Bertz CT molecular complexity index is 1180. The maximum Gasteiger partial charge on any atom is 0.421 e. The molecule has 0 spiro atoms. The first-order valence-electron chi connectivity index (χ1n) is 9.25. The monoisotopic (exact) mass is 444 g/mol. The minimum atomic E-state index is -4.74. The number of nitrogens with zero attached hydrogens (tertiary/aromatic N) is 3. The fraction of sp³-hybridized carbons (Fsp3) is 0.143. The van der Waals surface area contributed by atoms with Crippen LogP contribution in [0.25, 0.3) is 0 Å². The van der Waals surface area contributed by atoms with Gasteiger partial charge in [-0.2, -0.15) is 18.2 Å². The van der Waals surface area contributed by atoms with Gasteiger partial charge in [0.15, 0.2) is 0 Å². The Morgan fingerprint density at radius 1 is 1.06 bits per heavy atom. The molecule has 0 atom stereocenters. The Morgan fingerprint density at radius 3 is 2.50 bits per heavy atom. The number of nitrogens with one attached hydrogen (secondary N) is 3. The van der Waals surface area contributed by atoms with Crippen LogP contribution in [0.15, 0.2) is 49.3 Å². The molecule has 0 aliphatic rings. The highest BCUT2D eigenvalue weighted by Gasteiger charge is 2.35. The van der Waals surface area contributed by atoms with Gasteiger partial charge < -0.3 is 21.1 Å². The van der Waals surface area contributed by atoms with Crippen molar-refractivity contribution in [2.24, 2.45) is 0 Å². The number of pyridine rings is 1. The van der Waals surface area contributed by atoms with Gasteiger partial charge in [0.2, 0.25) is 11.9 Å². The number of aromatic nitrogens is 3. The molecule has 4 N–H and O–H groups in total. The van der Waals surface area contributed by atoms with Gasteiger partial charge in [-0.25, -0.2) is 4.98 Å². The molecule has 0 unspecified atom stereocenters. The first-order valence-corrected chi connectivity index (χ1v) is 9.25. The average Bonchev–Trinajstić information content (AvgIpc) is 2.72. The summed E-state index contributed by atoms with van der Waals surface area (Å²) in [5.74, 6) is -1.34. The summed E-state index contributed by atoms with van der Waals surface area (Å²) in [6.45, 7) is 6.79. The van der Waals surface area contributed by atoms with Crippen molar-refractivity contribution in [3.63, 3.8) is 0 Å². The normalized spacial score (nSPS) is 11.0. The third kappa shape index (κ3) is 5.31. The quantitative estimate of drug-likeness (QED) is 0.403. The lowest BCUT2D eigenvalue weighted by Crippen LogP contribution is -2.14. The van der Waals surface area contributed by atoms with Gasteiger partial charge in [0.05, 0.1) is 29.0 Å². The number of rotatable bonds is 6. The molecule has 2 aromatic heterocycles. The van der Waals surface area contributed by atoms with Gasteiger partial charge in [0, 0.05) is 12.3 Å². The molecule has 166 valence electrons. The standard InChI is InChI=1S/C21H19F3N6O2/c1-4-18(32)27-17-7-11(2)5-6-15(17)28-19-14(21(22,23)24)10-26-20(30-19)29-16-8-13(31)9-25-12(16)3/h4-10,31H,1H2,2-3H3,(H,27,32)(H2,26,28,29,30). The maximum atomic E-state index is 13.6. The highest BCUT2D eigenvalue weighted by molar-refractivity contribution is 6.01. The van der Waals surface area contributed by atoms with Crippen LogP contribution in [0.3, 0.4) is 0 Å².